The molecule has 2 heterocycles. The number of aromatic amines is 1. The van der Waals surface area contributed by atoms with Gasteiger partial charge in [-0.2, -0.15) is 0 Å². The Morgan fingerprint density at radius 3 is 1.41 bits per heavy atom. The number of nitrogens with one attached hydrogen (secondary N) is 5. The fourth-order valence-corrected chi connectivity index (χ4v) is 11.8. The predicted octanol–water partition coefficient (Wildman–Crippen LogP) is 3.86. The molecule has 0 aliphatic carbocycles. The van der Waals surface area contributed by atoms with Crippen LogP contribution in [0.5, 0.6) is 0 Å². The number of H-pyrrole nitrogens is 1. The number of nitrogens with zero attached hydrogens (tertiary/aromatic N) is 8. The van der Waals surface area contributed by atoms with E-state index in [-0.39, 0.29) is 62.2 Å². The Labute approximate surface area is 549 Å². The van der Waals surface area contributed by atoms with Crippen molar-refractivity contribution in [3.05, 3.63) is 23.3 Å². The molecule has 522 valence electrons. The van der Waals surface area contributed by atoms with Crippen molar-refractivity contribution >= 4 is 71.1 Å². The molecule has 1 fully saturated rings. The van der Waals surface area contributed by atoms with E-state index in [1.807, 2.05) is 81.4 Å². The van der Waals surface area contributed by atoms with Gasteiger partial charge in [0, 0.05) is 61.4 Å². The maximum absolute atomic E-state index is 15.4. The first-order valence-corrected chi connectivity index (χ1v) is 33.1. The first kappa shape index (κ1) is 81.2. The monoisotopic (exact) mass is 1300 g/mol. The number of likely N-dealkylation sites (N-methyl/N-ethyl adjacent to an activating group) is 7. The molecule has 2 rings (SSSR count). The number of hydrogen-bond acceptors (Lipinski definition) is 13. The molecule has 12 atom stereocenters. The molecule has 1 aliphatic rings. The zero-order valence-electron chi connectivity index (χ0n) is 60.2. The second-order valence-corrected chi connectivity index (χ2v) is 27.9. The maximum atomic E-state index is 15.4. The third-order valence-corrected chi connectivity index (χ3v) is 17.4. The lowest BCUT2D eigenvalue weighted by molar-refractivity contribution is -0.157. The molecular weight excluding hydrogens is 1180 g/mol. The molecule has 25 heteroatoms. The van der Waals surface area contributed by atoms with Crippen LogP contribution < -0.4 is 21.3 Å². The van der Waals surface area contributed by atoms with Gasteiger partial charge in [0.1, 0.15) is 66.2 Å². The van der Waals surface area contributed by atoms with E-state index < -0.39 is 156 Å². The minimum Gasteiger partial charge on any atom is -0.390 e. The quantitative estimate of drug-likeness (QED) is 0.129. The van der Waals surface area contributed by atoms with E-state index in [0.717, 1.165) is 15.5 Å². The van der Waals surface area contributed by atoms with Crippen molar-refractivity contribution in [2.24, 2.45) is 41.4 Å². The summed E-state index contributed by atoms with van der Waals surface area (Å²) in [4.78, 5) is 178. The normalized spacial score (nSPS) is 25.8. The number of amides is 11. The number of imidazole rings is 1. The number of carbonyl (C=O) groups is 11. The van der Waals surface area contributed by atoms with Crippen LogP contribution in [0.2, 0.25) is 0 Å². The minimum atomic E-state index is -1.69. The number of aryl methyl sites for hydroxylation is 1. The SMILES string of the molecule is C/C=C\c1nc(CC(C)C(O)C2C(=O)NC(CC)C(=O)N(C)CC(=O)N(C)C(CC(C)C)C(=O)NC(C(C)C)C(=O)N(C)C(CC(C)C)C(=O)NC(C)C(=O)NC(C)C(=O)N(C)C(CC(C)C)C(=O)N(C)C(CC(C)C)C(=O)N(C)C(C(C)C)C(=O)N2C)[nH]c1CC. The van der Waals surface area contributed by atoms with Crippen LogP contribution in [-0.2, 0) is 65.6 Å². The highest BCUT2D eigenvalue weighted by atomic mass is 16.3. The smallest absolute Gasteiger partial charge is 0.246 e. The van der Waals surface area contributed by atoms with Crippen LogP contribution >= 0.6 is 0 Å². The van der Waals surface area contributed by atoms with Gasteiger partial charge in [-0.25, -0.2) is 4.98 Å². The van der Waals surface area contributed by atoms with Gasteiger partial charge in [0.25, 0.3) is 0 Å². The summed E-state index contributed by atoms with van der Waals surface area (Å²) in [5.74, 6) is -9.59. The lowest BCUT2D eigenvalue weighted by Crippen LogP contribution is -2.63. The van der Waals surface area contributed by atoms with Gasteiger partial charge >= 0.3 is 0 Å². The van der Waals surface area contributed by atoms with Crippen LogP contribution in [0.1, 0.15) is 174 Å². The number of aliphatic hydroxyl groups excluding tert-OH is 1. The first-order chi connectivity index (χ1) is 42.6. The van der Waals surface area contributed by atoms with Gasteiger partial charge in [0.15, 0.2) is 0 Å². The molecular formula is C67H117N13O12. The highest BCUT2D eigenvalue weighted by Crippen LogP contribution is 2.26. The van der Waals surface area contributed by atoms with E-state index in [4.69, 9.17) is 4.98 Å². The summed E-state index contributed by atoms with van der Waals surface area (Å²) in [5.41, 5.74) is 1.56. The number of hydrogen-bond donors (Lipinski definition) is 6. The molecule has 1 aromatic rings. The van der Waals surface area contributed by atoms with Gasteiger partial charge in [0.2, 0.25) is 65.0 Å². The summed E-state index contributed by atoms with van der Waals surface area (Å²) < 4.78 is 0. The third-order valence-electron chi connectivity index (χ3n) is 17.4. The van der Waals surface area contributed by atoms with Crippen molar-refractivity contribution < 1.29 is 57.8 Å². The zero-order valence-corrected chi connectivity index (χ0v) is 60.2. The second-order valence-electron chi connectivity index (χ2n) is 27.9. The summed E-state index contributed by atoms with van der Waals surface area (Å²) in [7, 11) is 9.91. The standard InChI is InChI=1S/C67H117N13O12/c1-26-29-47-45(27-2)70-52(71-47)34-42(16)57(82)56-61(86)72-46(28-3)63(88)74(19)35-53(81)75(20)48(30-36(4)5)60(85)73-54(40(12)13)66(91)76(21)49(31-37(6)7)59(84)68-43(17)58(83)69-44(18)62(87)77(22)50(32-38(8)9)64(89)78(23)51(33-39(10)11)65(90)79(24)55(41(14)15)67(92)80(56)25/h26,29,36-44,46,48-51,54-57,82H,27-28,30-35H2,1-25H3,(H,68,84)(H,69,83)(H,70,71)(H,72,86)(H,73,85)/b29-26-. The number of carbonyl (C=O) groups excluding carboxylic acids is 11. The van der Waals surface area contributed by atoms with E-state index in [1.165, 1.54) is 87.7 Å². The Kier molecular flexibility index (Phi) is 32.2. The lowest BCUT2D eigenvalue weighted by Gasteiger charge is -2.41. The summed E-state index contributed by atoms with van der Waals surface area (Å²) in [6, 6.07) is -12.6. The lowest BCUT2D eigenvalue weighted by atomic mass is 9.91. The Bertz CT molecular complexity index is 2730. The van der Waals surface area contributed by atoms with Crippen LogP contribution in [0.4, 0.5) is 0 Å². The van der Waals surface area contributed by atoms with Crippen LogP contribution in [-0.4, -0.2) is 237 Å². The van der Waals surface area contributed by atoms with Gasteiger partial charge in [-0.05, 0) is 107 Å². The summed E-state index contributed by atoms with van der Waals surface area (Å²) in [5, 5.41) is 23.6. The van der Waals surface area contributed by atoms with Crippen LogP contribution in [0.3, 0.4) is 0 Å². The van der Waals surface area contributed by atoms with E-state index in [0.29, 0.717) is 17.9 Å². The van der Waals surface area contributed by atoms with Gasteiger partial charge in [-0.1, -0.05) is 110 Å². The van der Waals surface area contributed by atoms with Crippen molar-refractivity contribution in [1.29, 1.82) is 0 Å². The Hall–Kier alpha value is -6.92. The molecule has 6 N–H and O–H groups in total. The van der Waals surface area contributed by atoms with Crippen molar-refractivity contribution in [1.82, 2.24) is 65.5 Å². The fraction of sp³-hybridized carbons (Fsp3) is 0.761. The number of aliphatic hydroxyl groups is 1. The van der Waals surface area contributed by atoms with Gasteiger partial charge in [0.05, 0.1) is 18.3 Å². The molecule has 25 nitrogen and oxygen atoms in total. The van der Waals surface area contributed by atoms with Crippen molar-refractivity contribution in [2.75, 3.05) is 55.9 Å². The van der Waals surface area contributed by atoms with Crippen molar-refractivity contribution in [2.45, 2.75) is 236 Å². The van der Waals surface area contributed by atoms with E-state index in [1.54, 1.807) is 41.5 Å². The molecule has 0 saturated carbocycles. The fourth-order valence-electron chi connectivity index (χ4n) is 11.8. The van der Waals surface area contributed by atoms with Crippen LogP contribution in [0.25, 0.3) is 6.08 Å². The molecule has 0 radical (unpaired) electrons. The van der Waals surface area contributed by atoms with Gasteiger partial charge < -0.3 is 65.7 Å². The van der Waals surface area contributed by atoms with Gasteiger partial charge in [-0.3, -0.25) is 52.7 Å². The second kappa shape index (κ2) is 36.5. The topological polar surface area (TPSA) is 307 Å². The number of allylic oxidation sites excluding steroid dienone is 1. The number of aromatic nitrogens is 2. The zero-order chi connectivity index (χ0) is 70.8. The Morgan fingerprint density at radius 2 is 0.946 bits per heavy atom. The third kappa shape index (κ3) is 21.8. The molecule has 11 amide bonds. The molecule has 92 heavy (non-hydrogen) atoms. The molecule has 1 saturated heterocycles. The van der Waals surface area contributed by atoms with Crippen molar-refractivity contribution in [3.63, 3.8) is 0 Å². The van der Waals surface area contributed by atoms with E-state index >= 15 is 19.2 Å². The largest absolute Gasteiger partial charge is 0.390 e. The Balaban J connectivity index is 3.03. The van der Waals surface area contributed by atoms with Crippen molar-refractivity contribution in [3.8, 4) is 0 Å². The molecule has 0 aromatic carbocycles. The van der Waals surface area contributed by atoms with E-state index in [2.05, 4.69) is 26.3 Å². The average molecular weight is 1300 g/mol. The first-order valence-electron chi connectivity index (χ1n) is 33.1. The predicted molar refractivity (Wildman–Crippen MR) is 355 cm³/mol. The molecule has 1 aliphatic heterocycles. The average Bonchev–Trinajstić information content (AvgIpc) is 0.886. The molecule has 0 bridgehead atoms. The Morgan fingerprint density at radius 1 is 0.500 bits per heavy atom. The van der Waals surface area contributed by atoms with Gasteiger partial charge in [-0.15, -0.1) is 0 Å². The molecule has 1 aromatic heterocycles. The summed E-state index contributed by atoms with van der Waals surface area (Å²) in [6.07, 6.45) is 3.42. The summed E-state index contributed by atoms with van der Waals surface area (Å²) in [6.45, 7) is 31.3. The molecule has 0 spiro atoms. The molecule has 12 unspecified atom stereocenters. The minimum absolute atomic E-state index is 0.00358. The highest BCUT2D eigenvalue weighted by Gasteiger charge is 2.46. The van der Waals surface area contributed by atoms with E-state index in [9.17, 15) is 38.7 Å². The summed E-state index contributed by atoms with van der Waals surface area (Å²) >= 11 is 0. The van der Waals surface area contributed by atoms with Crippen LogP contribution in [0, 0.1) is 41.4 Å². The highest BCUT2D eigenvalue weighted by molar-refractivity contribution is 5.99. The van der Waals surface area contributed by atoms with Crippen LogP contribution in [0.15, 0.2) is 6.08 Å². The maximum Gasteiger partial charge on any atom is 0.246 e. The number of rotatable bonds is 17.